The van der Waals surface area contributed by atoms with Gasteiger partial charge in [0.25, 0.3) is 5.91 Å². The second-order valence-corrected chi connectivity index (χ2v) is 6.33. The van der Waals surface area contributed by atoms with Gasteiger partial charge >= 0.3 is 0 Å². The highest BCUT2D eigenvalue weighted by Gasteiger charge is 2.13. The van der Waals surface area contributed by atoms with Crippen LogP contribution in [0.5, 0.6) is 17.2 Å². The molecule has 1 N–H and O–H groups in total. The largest absolute Gasteiger partial charge is 0.495 e. The minimum atomic E-state index is -0.378. The Kier molecular flexibility index (Phi) is 6.60. The summed E-state index contributed by atoms with van der Waals surface area (Å²) in [6.07, 6.45) is 0. The van der Waals surface area contributed by atoms with Crippen LogP contribution < -0.4 is 19.5 Å². The van der Waals surface area contributed by atoms with Crippen LogP contribution in [0, 0.1) is 0 Å². The Morgan fingerprint density at radius 2 is 1.71 bits per heavy atom. The summed E-state index contributed by atoms with van der Waals surface area (Å²) in [6, 6.07) is 8.26. The molecule has 0 atom stereocenters. The van der Waals surface area contributed by atoms with Gasteiger partial charge in [0.1, 0.15) is 17.2 Å². The Hall–Kier alpha value is -1.63. The van der Waals surface area contributed by atoms with Crippen molar-refractivity contribution < 1.29 is 19.0 Å². The first-order valence-electron chi connectivity index (χ1n) is 6.73. The lowest BCUT2D eigenvalue weighted by Crippen LogP contribution is -2.20. The lowest BCUT2D eigenvalue weighted by Gasteiger charge is -2.13. The molecule has 0 saturated carbocycles. The molecular weight excluding hydrogens is 421 g/mol. The second kappa shape index (κ2) is 8.46. The summed E-state index contributed by atoms with van der Waals surface area (Å²) >= 11 is 15.4. The molecule has 0 fully saturated rings. The SMILES string of the molecule is COc1cc(NC(=O)COc2ccc(Br)cc2Cl)c(OC)cc1Cl. The van der Waals surface area contributed by atoms with Gasteiger partial charge < -0.3 is 19.5 Å². The molecule has 128 valence electrons. The van der Waals surface area contributed by atoms with Crippen molar-refractivity contribution in [2.24, 2.45) is 0 Å². The van der Waals surface area contributed by atoms with Gasteiger partial charge in [0.15, 0.2) is 6.61 Å². The molecule has 2 aromatic carbocycles. The molecule has 0 radical (unpaired) electrons. The third-order valence-electron chi connectivity index (χ3n) is 3.00. The van der Waals surface area contributed by atoms with E-state index in [1.165, 1.54) is 14.2 Å². The summed E-state index contributed by atoms with van der Waals surface area (Å²) in [4.78, 5) is 12.1. The molecule has 0 saturated heterocycles. The van der Waals surface area contributed by atoms with Gasteiger partial charge in [-0.2, -0.15) is 0 Å². The van der Waals surface area contributed by atoms with Crippen molar-refractivity contribution in [3.63, 3.8) is 0 Å². The summed E-state index contributed by atoms with van der Waals surface area (Å²) < 4.78 is 16.6. The van der Waals surface area contributed by atoms with Crippen LogP contribution in [0.2, 0.25) is 10.0 Å². The predicted molar refractivity (Wildman–Crippen MR) is 97.8 cm³/mol. The molecule has 0 unspecified atom stereocenters. The Bertz CT molecular complexity index is 755. The number of nitrogens with one attached hydrogen (secondary N) is 1. The number of hydrogen-bond acceptors (Lipinski definition) is 4. The van der Waals surface area contributed by atoms with Gasteiger partial charge in [0.05, 0.1) is 30.0 Å². The molecule has 2 aromatic rings. The molecule has 2 rings (SSSR count). The minimum Gasteiger partial charge on any atom is -0.495 e. The molecule has 0 aliphatic rings. The average molecular weight is 435 g/mol. The van der Waals surface area contributed by atoms with Gasteiger partial charge in [0, 0.05) is 16.6 Å². The summed E-state index contributed by atoms with van der Waals surface area (Å²) in [7, 11) is 2.96. The maximum Gasteiger partial charge on any atom is 0.262 e. The summed E-state index contributed by atoms with van der Waals surface area (Å²) in [5, 5.41) is 3.47. The first-order chi connectivity index (χ1) is 11.4. The van der Waals surface area contributed by atoms with Crippen LogP contribution in [0.15, 0.2) is 34.8 Å². The maximum absolute atomic E-state index is 12.1. The molecule has 1 amide bonds. The van der Waals surface area contributed by atoms with E-state index in [0.29, 0.717) is 33.0 Å². The third-order valence-corrected chi connectivity index (χ3v) is 4.08. The van der Waals surface area contributed by atoms with Gasteiger partial charge in [-0.05, 0) is 18.2 Å². The Morgan fingerprint density at radius 3 is 2.33 bits per heavy atom. The number of ether oxygens (including phenoxy) is 3. The predicted octanol–water partition coefficient (Wildman–Crippen LogP) is 4.79. The highest BCUT2D eigenvalue weighted by atomic mass is 79.9. The maximum atomic E-state index is 12.1. The topological polar surface area (TPSA) is 56.8 Å². The molecule has 8 heteroatoms. The number of carbonyl (C=O) groups is 1. The standard InChI is InChI=1S/C16H14BrCl2NO4/c1-22-14-7-12(15(23-2)6-11(14)19)20-16(21)8-24-13-4-3-9(17)5-10(13)18/h3-7H,8H2,1-2H3,(H,20,21). The Labute approximate surface area is 157 Å². The van der Waals surface area contributed by atoms with Crippen molar-refractivity contribution in [1.29, 1.82) is 0 Å². The number of halogens is 3. The smallest absolute Gasteiger partial charge is 0.262 e. The first-order valence-corrected chi connectivity index (χ1v) is 8.28. The molecule has 0 heterocycles. The number of methoxy groups -OCH3 is 2. The summed E-state index contributed by atoms with van der Waals surface area (Å²) in [5.74, 6) is 0.868. The number of hydrogen-bond donors (Lipinski definition) is 1. The van der Waals surface area contributed by atoms with E-state index >= 15 is 0 Å². The van der Waals surface area contributed by atoms with Crippen molar-refractivity contribution in [1.82, 2.24) is 0 Å². The van der Waals surface area contributed by atoms with Gasteiger partial charge in [-0.15, -0.1) is 0 Å². The Balaban J connectivity index is 2.06. The lowest BCUT2D eigenvalue weighted by molar-refractivity contribution is -0.118. The van der Waals surface area contributed by atoms with Gasteiger partial charge in [-0.1, -0.05) is 39.1 Å². The van der Waals surface area contributed by atoms with E-state index in [9.17, 15) is 4.79 Å². The Morgan fingerprint density at radius 1 is 1.04 bits per heavy atom. The van der Waals surface area contributed by atoms with E-state index in [4.69, 9.17) is 37.4 Å². The molecular formula is C16H14BrCl2NO4. The van der Waals surface area contributed by atoms with E-state index in [0.717, 1.165) is 4.47 Å². The van der Waals surface area contributed by atoms with Crippen molar-refractivity contribution in [3.05, 3.63) is 44.8 Å². The van der Waals surface area contributed by atoms with Crippen molar-refractivity contribution in [3.8, 4) is 17.2 Å². The molecule has 0 aromatic heterocycles. The average Bonchev–Trinajstić information content (AvgIpc) is 2.55. The minimum absolute atomic E-state index is 0.213. The van der Waals surface area contributed by atoms with Gasteiger partial charge in [0.2, 0.25) is 0 Å². The third kappa shape index (κ3) is 4.69. The molecule has 0 spiro atoms. The summed E-state index contributed by atoms with van der Waals surface area (Å²) in [6.45, 7) is -0.213. The monoisotopic (exact) mass is 433 g/mol. The van der Waals surface area contributed by atoms with Crippen LogP contribution in [-0.2, 0) is 4.79 Å². The zero-order chi connectivity index (χ0) is 17.7. The van der Waals surface area contributed by atoms with Crippen molar-refractivity contribution in [2.45, 2.75) is 0 Å². The molecule has 5 nitrogen and oxygen atoms in total. The second-order valence-electron chi connectivity index (χ2n) is 4.60. The fourth-order valence-corrected chi connectivity index (χ4v) is 2.84. The van der Waals surface area contributed by atoms with Crippen LogP contribution in [0.25, 0.3) is 0 Å². The molecule has 24 heavy (non-hydrogen) atoms. The normalized spacial score (nSPS) is 10.2. The fraction of sp³-hybridized carbons (Fsp3) is 0.188. The first kappa shape index (κ1) is 18.7. The fourth-order valence-electron chi connectivity index (χ4n) is 1.88. The van der Waals surface area contributed by atoms with E-state index in [1.807, 2.05) is 0 Å². The number of benzene rings is 2. The molecule has 0 bridgehead atoms. The van der Waals surface area contributed by atoms with Crippen LogP contribution in [0.3, 0.4) is 0 Å². The van der Waals surface area contributed by atoms with Crippen molar-refractivity contribution in [2.75, 3.05) is 26.1 Å². The van der Waals surface area contributed by atoms with E-state index < -0.39 is 0 Å². The number of anilines is 1. The number of rotatable bonds is 6. The van der Waals surface area contributed by atoms with E-state index in [1.54, 1.807) is 30.3 Å². The summed E-state index contributed by atoms with van der Waals surface area (Å²) in [5.41, 5.74) is 0.425. The van der Waals surface area contributed by atoms with E-state index in [-0.39, 0.29) is 12.5 Å². The lowest BCUT2D eigenvalue weighted by atomic mass is 10.2. The molecule has 0 aliphatic carbocycles. The van der Waals surface area contributed by atoms with Crippen LogP contribution in [0.4, 0.5) is 5.69 Å². The van der Waals surface area contributed by atoms with Crippen LogP contribution >= 0.6 is 39.1 Å². The highest BCUT2D eigenvalue weighted by molar-refractivity contribution is 9.10. The number of carbonyl (C=O) groups excluding carboxylic acids is 1. The number of amides is 1. The highest BCUT2D eigenvalue weighted by Crippen LogP contribution is 2.36. The van der Waals surface area contributed by atoms with Gasteiger partial charge in [-0.25, -0.2) is 0 Å². The molecule has 0 aliphatic heterocycles. The van der Waals surface area contributed by atoms with E-state index in [2.05, 4.69) is 21.2 Å². The van der Waals surface area contributed by atoms with Crippen LogP contribution in [-0.4, -0.2) is 26.7 Å². The zero-order valence-electron chi connectivity index (χ0n) is 12.9. The zero-order valence-corrected chi connectivity index (χ0v) is 16.0. The van der Waals surface area contributed by atoms with Crippen LogP contribution in [0.1, 0.15) is 0 Å². The van der Waals surface area contributed by atoms with Gasteiger partial charge in [-0.3, -0.25) is 4.79 Å². The quantitative estimate of drug-likeness (QED) is 0.709. The van der Waals surface area contributed by atoms with Crippen molar-refractivity contribution >= 4 is 50.7 Å².